The van der Waals surface area contributed by atoms with E-state index >= 15 is 0 Å². The van der Waals surface area contributed by atoms with Gasteiger partial charge in [0, 0.05) is 0 Å². The fourth-order valence-corrected chi connectivity index (χ4v) is 2.70. The van der Waals surface area contributed by atoms with E-state index in [1.165, 1.54) is 0 Å². The first kappa shape index (κ1) is 17.9. The highest BCUT2D eigenvalue weighted by molar-refractivity contribution is 5.76. The Morgan fingerprint density at radius 1 is 1.17 bits per heavy atom. The summed E-state index contributed by atoms with van der Waals surface area (Å²) in [6.45, 7) is 5.36. The first-order valence-electron chi connectivity index (χ1n) is 7.81. The van der Waals surface area contributed by atoms with Crippen LogP contribution < -0.4 is 0 Å². The van der Waals surface area contributed by atoms with Crippen LogP contribution in [0.25, 0.3) is 0 Å². The van der Waals surface area contributed by atoms with Crippen LogP contribution in [0.5, 0.6) is 0 Å². The zero-order chi connectivity index (χ0) is 17.2. The quantitative estimate of drug-likeness (QED) is 0.302. The van der Waals surface area contributed by atoms with Crippen LogP contribution in [0, 0.1) is 17.3 Å². The molecular weight excluding hydrogens is 304 g/mol. The first-order valence-corrected chi connectivity index (χ1v) is 7.81. The average Bonchev–Trinajstić information content (AvgIpc) is 3.11. The molecule has 2 aliphatic heterocycles. The topological polar surface area (TPSA) is 102 Å². The zero-order valence-electron chi connectivity index (χ0n) is 13.6. The summed E-state index contributed by atoms with van der Waals surface area (Å²) in [6, 6.07) is 0. The molecule has 0 aromatic heterocycles. The summed E-state index contributed by atoms with van der Waals surface area (Å²) < 4.78 is 15.7. The average molecular weight is 328 g/mol. The summed E-state index contributed by atoms with van der Waals surface area (Å²) in [5, 5.41) is 18.8. The van der Waals surface area contributed by atoms with Crippen LogP contribution in [0.15, 0.2) is 12.2 Å². The number of esters is 2. The second kappa shape index (κ2) is 6.98. The largest absolute Gasteiger partial charge is 0.462 e. The van der Waals surface area contributed by atoms with Crippen molar-refractivity contribution in [3.05, 3.63) is 12.2 Å². The molecule has 23 heavy (non-hydrogen) atoms. The molecule has 0 saturated carbocycles. The standard InChI is InChI=1S/C16H24O7/c1-4-16(2,3)15(20)22-8-7-21-14(19)12-10-6-5-9(23-10)11(12)13(17)18/h5-6,9-13,17-18H,4,7-8H2,1-3H3. The van der Waals surface area contributed by atoms with Gasteiger partial charge in [-0.2, -0.15) is 0 Å². The van der Waals surface area contributed by atoms with Gasteiger partial charge >= 0.3 is 11.9 Å². The maximum absolute atomic E-state index is 12.1. The van der Waals surface area contributed by atoms with Crippen LogP contribution in [0.4, 0.5) is 0 Å². The van der Waals surface area contributed by atoms with Crippen LogP contribution >= 0.6 is 0 Å². The van der Waals surface area contributed by atoms with E-state index in [0.29, 0.717) is 6.42 Å². The maximum Gasteiger partial charge on any atom is 0.312 e. The summed E-state index contributed by atoms with van der Waals surface area (Å²) in [5.74, 6) is -2.41. The van der Waals surface area contributed by atoms with Gasteiger partial charge in [-0.3, -0.25) is 9.59 Å². The minimum absolute atomic E-state index is 0.0299. The highest BCUT2D eigenvalue weighted by Crippen LogP contribution is 2.41. The minimum atomic E-state index is -1.66. The molecule has 2 aliphatic rings. The Morgan fingerprint density at radius 2 is 1.78 bits per heavy atom. The number of aliphatic hydroxyl groups is 2. The molecule has 7 nitrogen and oxygen atoms in total. The van der Waals surface area contributed by atoms with Crippen molar-refractivity contribution in [2.24, 2.45) is 17.3 Å². The van der Waals surface area contributed by atoms with E-state index in [4.69, 9.17) is 14.2 Å². The predicted molar refractivity (Wildman–Crippen MR) is 79.0 cm³/mol. The van der Waals surface area contributed by atoms with Gasteiger partial charge in [0.25, 0.3) is 0 Å². The fraction of sp³-hybridized carbons (Fsp3) is 0.750. The van der Waals surface area contributed by atoms with Crippen LogP contribution in [-0.2, 0) is 23.8 Å². The fourth-order valence-electron chi connectivity index (χ4n) is 2.70. The van der Waals surface area contributed by atoms with E-state index in [1.807, 2.05) is 6.92 Å². The Balaban J connectivity index is 1.79. The third kappa shape index (κ3) is 3.73. The molecule has 4 atom stereocenters. The van der Waals surface area contributed by atoms with Crippen molar-refractivity contribution in [3.63, 3.8) is 0 Å². The second-order valence-corrected chi connectivity index (χ2v) is 6.51. The molecule has 0 spiro atoms. The van der Waals surface area contributed by atoms with Crippen molar-refractivity contribution < 1.29 is 34.0 Å². The number of hydrogen-bond acceptors (Lipinski definition) is 7. The molecule has 4 unspecified atom stereocenters. The van der Waals surface area contributed by atoms with Gasteiger partial charge in [-0.1, -0.05) is 19.1 Å². The Morgan fingerprint density at radius 3 is 2.39 bits per heavy atom. The smallest absolute Gasteiger partial charge is 0.312 e. The van der Waals surface area contributed by atoms with Gasteiger partial charge in [0.2, 0.25) is 0 Å². The highest BCUT2D eigenvalue weighted by atomic mass is 16.6. The van der Waals surface area contributed by atoms with Crippen molar-refractivity contribution in [1.82, 2.24) is 0 Å². The molecule has 2 N–H and O–H groups in total. The molecule has 7 heteroatoms. The van der Waals surface area contributed by atoms with E-state index < -0.39 is 41.7 Å². The molecule has 0 aliphatic carbocycles. The maximum atomic E-state index is 12.1. The number of aliphatic hydroxyl groups excluding tert-OH is 1. The number of carbonyl (C=O) groups excluding carboxylic acids is 2. The minimum Gasteiger partial charge on any atom is -0.462 e. The molecule has 2 bridgehead atoms. The Labute approximate surface area is 135 Å². The first-order chi connectivity index (χ1) is 10.8. The molecule has 0 aromatic rings. The molecule has 1 saturated heterocycles. The van der Waals surface area contributed by atoms with Crippen LogP contribution in [-0.4, -0.2) is 53.9 Å². The number of fused-ring (bicyclic) bond motifs is 2. The number of ether oxygens (including phenoxy) is 3. The van der Waals surface area contributed by atoms with Crippen LogP contribution in [0.3, 0.4) is 0 Å². The summed E-state index contributed by atoms with van der Waals surface area (Å²) in [7, 11) is 0. The van der Waals surface area contributed by atoms with Crippen molar-refractivity contribution in [2.75, 3.05) is 13.2 Å². The van der Waals surface area contributed by atoms with Gasteiger partial charge in [0.05, 0.1) is 29.5 Å². The summed E-state index contributed by atoms with van der Waals surface area (Å²) in [6.07, 6.45) is 1.44. The molecule has 1 fully saturated rings. The Hall–Kier alpha value is -1.44. The lowest BCUT2D eigenvalue weighted by molar-refractivity contribution is -0.165. The van der Waals surface area contributed by atoms with Gasteiger partial charge in [0.1, 0.15) is 13.2 Å². The third-order valence-electron chi connectivity index (χ3n) is 4.57. The summed E-state index contributed by atoms with van der Waals surface area (Å²) in [5.41, 5.74) is -0.570. The molecule has 130 valence electrons. The molecule has 2 heterocycles. The van der Waals surface area contributed by atoms with Gasteiger partial charge in [0.15, 0.2) is 6.29 Å². The molecular formula is C16H24O7. The monoisotopic (exact) mass is 328 g/mol. The Bertz CT molecular complexity index is 483. The molecule has 0 aromatic carbocycles. The lowest BCUT2D eigenvalue weighted by Crippen LogP contribution is -2.39. The predicted octanol–water partition coefficient (Wildman–Crippen LogP) is 0.389. The van der Waals surface area contributed by atoms with E-state index in [2.05, 4.69) is 0 Å². The van der Waals surface area contributed by atoms with E-state index in [9.17, 15) is 19.8 Å². The SMILES string of the molecule is CCC(C)(C)C(=O)OCCOC(=O)C1C2C=CC(O2)C1C(O)O. The van der Waals surface area contributed by atoms with Crippen molar-refractivity contribution in [3.8, 4) is 0 Å². The Kier molecular flexibility index (Phi) is 5.44. The number of rotatable bonds is 7. The lowest BCUT2D eigenvalue weighted by Gasteiger charge is -2.25. The second-order valence-electron chi connectivity index (χ2n) is 6.51. The van der Waals surface area contributed by atoms with E-state index in [-0.39, 0.29) is 19.2 Å². The number of hydrogen-bond donors (Lipinski definition) is 2. The van der Waals surface area contributed by atoms with Crippen molar-refractivity contribution in [1.29, 1.82) is 0 Å². The molecule has 0 amide bonds. The van der Waals surface area contributed by atoms with E-state index in [0.717, 1.165) is 0 Å². The van der Waals surface area contributed by atoms with Crippen molar-refractivity contribution in [2.45, 2.75) is 45.7 Å². The van der Waals surface area contributed by atoms with Gasteiger partial charge < -0.3 is 24.4 Å². The van der Waals surface area contributed by atoms with Crippen LogP contribution in [0.1, 0.15) is 27.2 Å². The summed E-state index contributed by atoms with van der Waals surface area (Å²) in [4.78, 5) is 23.9. The zero-order valence-corrected chi connectivity index (χ0v) is 13.6. The third-order valence-corrected chi connectivity index (χ3v) is 4.57. The lowest BCUT2D eigenvalue weighted by atomic mass is 9.82. The summed E-state index contributed by atoms with van der Waals surface area (Å²) >= 11 is 0. The molecule has 2 rings (SSSR count). The molecule has 0 radical (unpaired) electrons. The van der Waals surface area contributed by atoms with Crippen LogP contribution in [0.2, 0.25) is 0 Å². The van der Waals surface area contributed by atoms with Gasteiger partial charge in [-0.05, 0) is 20.3 Å². The van der Waals surface area contributed by atoms with Gasteiger partial charge in [-0.25, -0.2) is 0 Å². The highest BCUT2D eigenvalue weighted by Gasteiger charge is 2.53. The normalized spacial score (nSPS) is 29.1. The number of carbonyl (C=O) groups is 2. The van der Waals surface area contributed by atoms with Gasteiger partial charge in [-0.15, -0.1) is 0 Å². The van der Waals surface area contributed by atoms with Crippen molar-refractivity contribution >= 4 is 11.9 Å². The van der Waals surface area contributed by atoms with E-state index in [1.54, 1.807) is 26.0 Å².